The molecule has 0 aliphatic rings. The number of aryl methyl sites for hydroxylation is 2. The molecule has 0 fully saturated rings. The number of hydrogen-bond donors (Lipinski definition) is 1. The first kappa shape index (κ1) is 23.9. The van der Waals surface area contributed by atoms with Gasteiger partial charge in [-0.1, -0.05) is 48.0 Å². The molecule has 2 aromatic carbocycles. The molecule has 162 valence electrons. The fourth-order valence-electron chi connectivity index (χ4n) is 3.11. The Labute approximate surface area is 187 Å². The number of carbonyl (C=O) groups excluding carboxylic acids is 2. The topological polar surface area (TPSA) is 58.6 Å². The van der Waals surface area contributed by atoms with Crippen molar-refractivity contribution in [2.24, 2.45) is 5.92 Å². The molecule has 1 N–H and O–H groups in total. The Morgan fingerprint density at radius 1 is 1.07 bits per heavy atom. The second-order valence-corrected chi connectivity index (χ2v) is 8.99. The van der Waals surface area contributed by atoms with Crippen LogP contribution >= 0.6 is 15.9 Å². The van der Waals surface area contributed by atoms with Gasteiger partial charge in [0.25, 0.3) is 5.91 Å². The van der Waals surface area contributed by atoms with Gasteiger partial charge < -0.3 is 15.0 Å². The highest BCUT2D eigenvalue weighted by Crippen LogP contribution is 2.18. The lowest BCUT2D eigenvalue weighted by atomic mass is 10.1. The van der Waals surface area contributed by atoms with Crippen LogP contribution in [-0.4, -0.2) is 35.9 Å². The van der Waals surface area contributed by atoms with Crippen LogP contribution in [0.5, 0.6) is 5.75 Å². The van der Waals surface area contributed by atoms with Crippen LogP contribution < -0.4 is 10.1 Å². The normalized spacial score (nSPS) is 11.8. The van der Waals surface area contributed by atoms with E-state index in [2.05, 4.69) is 27.3 Å². The van der Waals surface area contributed by atoms with Crippen molar-refractivity contribution in [3.8, 4) is 5.75 Å². The molecule has 0 aromatic heterocycles. The smallest absolute Gasteiger partial charge is 0.261 e. The van der Waals surface area contributed by atoms with Crippen molar-refractivity contribution in [2.75, 3.05) is 13.2 Å². The highest BCUT2D eigenvalue weighted by atomic mass is 79.9. The summed E-state index contributed by atoms with van der Waals surface area (Å²) in [4.78, 5) is 27.3. The zero-order valence-corrected chi connectivity index (χ0v) is 20.0. The molecule has 1 unspecified atom stereocenters. The standard InChI is InChI=1S/C24H31BrN2O3/c1-16(2)13-26-24(29)19(5)27(14-20-7-6-8-21(25)12-20)23(28)15-30-22-10-17(3)9-18(4)11-22/h6-12,16,19H,13-15H2,1-5H3,(H,26,29). The molecule has 2 rings (SSSR count). The zero-order valence-electron chi connectivity index (χ0n) is 18.4. The van der Waals surface area contributed by atoms with E-state index < -0.39 is 6.04 Å². The Morgan fingerprint density at radius 2 is 1.73 bits per heavy atom. The van der Waals surface area contributed by atoms with Crippen LogP contribution in [0.25, 0.3) is 0 Å². The lowest BCUT2D eigenvalue weighted by Crippen LogP contribution is -2.49. The van der Waals surface area contributed by atoms with E-state index in [1.165, 1.54) is 0 Å². The van der Waals surface area contributed by atoms with Gasteiger partial charge in [0.2, 0.25) is 5.91 Å². The Bertz CT molecular complexity index is 862. The van der Waals surface area contributed by atoms with Crippen LogP contribution in [0.4, 0.5) is 0 Å². The molecule has 1 atom stereocenters. The monoisotopic (exact) mass is 474 g/mol. The van der Waals surface area contributed by atoms with E-state index in [1.807, 2.05) is 64.1 Å². The maximum Gasteiger partial charge on any atom is 0.261 e. The quantitative estimate of drug-likeness (QED) is 0.575. The third-order valence-electron chi connectivity index (χ3n) is 4.65. The number of benzene rings is 2. The third-order valence-corrected chi connectivity index (χ3v) is 5.14. The van der Waals surface area contributed by atoms with Crippen LogP contribution in [0.3, 0.4) is 0 Å². The third kappa shape index (κ3) is 7.48. The maximum atomic E-state index is 13.1. The number of halogens is 1. The molecular weight excluding hydrogens is 444 g/mol. The molecule has 0 saturated heterocycles. The van der Waals surface area contributed by atoms with Crippen LogP contribution in [0.1, 0.15) is 37.5 Å². The first-order valence-electron chi connectivity index (χ1n) is 10.2. The average molecular weight is 475 g/mol. The average Bonchev–Trinajstić information content (AvgIpc) is 2.67. The largest absolute Gasteiger partial charge is 0.484 e. The van der Waals surface area contributed by atoms with Crippen LogP contribution in [0.2, 0.25) is 0 Å². The second-order valence-electron chi connectivity index (χ2n) is 8.08. The van der Waals surface area contributed by atoms with Crippen LogP contribution in [0.15, 0.2) is 46.9 Å². The van der Waals surface area contributed by atoms with Crippen molar-refractivity contribution in [1.82, 2.24) is 10.2 Å². The van der Waals surface area contributed by atoms with Gasteiger partial charge in [-0.2, -0.15) is 0 Å². The summed E-state index contributed by atoms with van der Waals surface area (Å²) in [7, 11) is 0. The van der Waals surface area contributed by atoms with Gasteiger partial charge in [0, 0.05) is 17.6 Å². The Kier molecular flexibility index (Phi) is 8.90. The number of amides is 2. The zero-order chi connectivity index (χ0) is 22.3. The van der Waals surface area contributed by atoms with Gasteiger partial charge in [-0.15, -0.1) is 0 Å². The van der Waals surface area contributed by atoms with E-state index in [9.17, 15) is 9.59 Å². The SMILES string of the molecule is Cc1cc(C)cc(OCC(=O)N(Cc2cccc(Br)c2)C(C)C(=O)NCC(C)C)c1. The van der Waals surface area contributed by atoms with Gasteiger partial charge in [-0.05, 0) is 67.6 Å². The lowest BCUT2D eigenvalue weighted by Gasteiger charge is -2.29. The van der Waals surface area contributed by atoms with Crippen molar-refractivity contribution in [1.29, 1.82) is 0 Å². The highest BCUT2D eigenvalue weighted by Gasteiger charge is 2.26. The Balaban J connectivity index is 2.15. The number of carbonyl (C=O) groups is 2. The molecular formula is C24H31BrN2O3. The summed E-state index contributed by atoms with van der Waals surface area (Å²) in [5.74, 6) is 0.586. The fraction of sp³-hybridized carbons (Fsp3) is 0.417. The van der Waals surface area contributed by atoms with E-state index >= 15 is 0 Å². The minimum Gasteiger partial charge on any atom is -0.484 e. The number of nitrogens with one attached hydrogen (secondary N) is 1. The van der Waals surface area contributed by atoms with E-state index in [-0.39, 0.29) is 18.4 Å². The predicted molar refractivity (Wildman–Crippen MR) is 123 cm³/mol. The molecule has 0 spiro atoms. The summed E-state index contributed by atoms with van der Waals surface area (Å²) in [6, 6.07) is 13.0. The minimum absolute atomic E-state index is 0.126. The van der Waals surface area contributed by atoms with Gasteiger partial charge in [0.05, 0.1) is 0 Å². The van der Waals surface area contributed by atoms with Crippen LogP contribution in [-0.2, 0) is 16.1 Å². The van der Waals surface area contributed by atoms with Gasteiger partial charge in [0.1, 0.15) is 11.8 Å². The van der Waals surface area contributed by atoms with Crippen molar-refractivity contribution in [3.63, 3.8) is 0 Å². The molecule has 2 aromatic rings. The molecule has 5 nitrogen and oxygen atoms in total. The minimum atomic E-state index is -0.613. The highest BCUT2D eigenvalue weighted by molar-refractivity contribution is 9.10. The Hall–Kier alpha value is -2.34. The van der Waals surface area contributed by atoms with Crippen LogP contribution in [0, 0.1) is 19.8 Å². The first-order chi connectivity index (χ1) is 14.2. The molecule has 6 heteroatoms. The van der Waals surface area contributed by atoms with Crippen molar-refractivity contribution >= 4 is 27.7 Å². The molecule has 0 saturated carbocycles. The number of ether oxygens (including phenoxy) is 1. The summed E-state index contributed by atoms with van der Waals surface area (Å²) in [6.45, 7) is 10.6. The fourth-order valence-corrected chi connectivity index (χ4v) is 3.56. The van der Waals surface area contributed by atoms with Crippen molar-refractivity contribution in [3.05, 3.63) is 63.6 Å². The molecule has 0 aliphatic heterocycles. The van der Waals surface area contributed by atoms with Crippen molar-refractivity contribution < 1.29 is 14.3 Å². The summed E-state index contributed by atoms with van der Waals surface area (Å²) in [5, 5.41) is 2.92. The van der Waals surface area contributed by atoms with E-state index in [1.54, 1.807) is 11.8 Å². The molecule has 0 bridgehead atoms. The summed E-state index contributed by atoms with van der Waals surface area (Å²) in [6.07, 6.45) is 0. The summed E-state index contributed by atoms with van der Waals surface area (Å²) < 4.78 is 6.69. The number of hydrogen-bond acceptors (Lipinski definition) is 3. The van der Waals surface area contributed by atoms with Crippen molar-refractivity contribution in [2.45, 2.75) is 47.2 Å². The molecule has 0 aliphatic carbocycles. The van der Waals surface area contributed by atoms with Gasteiger partial charge >= 0.3 is 0 Å². The van der Waals surface area contributed by atoms with Gasteiger partial charge in [0.15, 0.2) is 6.61 Å². The number of nitrogens with zero attached hydrogens (tertiary/aromatic N) is 1. The molecule has 30 heavy (non-hydrogen) atoms. The summed E-state index contributed by atoms with van der Waals surface area (Å²) in [5.41, 5.74) is 3.09. The molecule has 2 amide bonds. The number of rotatable bonds is 9. The second kappa shape index (κ2) is 11.2. The summed E-state index contributed by atoms with van der Waals surface area (Å²) >= 11 is 3.46. The van der Waals surface area contributed by atoms with E-state index in [0.29, 0.717) is 24.8 Å². The lowest BCUT2D eigenvalue weighted by molar-refractivity contribution is -0.142. The van der Waals surface area contributed by atoms with Gasteiger partial charge in [-0.3, -0.25) is 9.59 Å². The molecule has 0 radical (unpaired) electrons. The predicted octanol–water partition coefficient (Wildman–Crippen LogP) is 4.63. The Morgan fingerprint density at radius 3 is 2.33 bits per heavy atom. The van der Waals surface area contributed by atoms with Gasteiger partial charge in [-0.25, -0.2) is 0 Å². The maximum absolute atomic E-state index is 13.1. The van der Waals surface area contributed by atoms with E-state index in [0.717, 1.165) is 21.2 Å². The van der Waals surface area contributed by atoms with E-state index in [4.69, 9.17) is 4.74 Å². The molecule has 0 heterocycles. The first-order valence-corrected chi connectivity index (χ1v) is 11.0.